The van der Waals surface area contributed by atoms with Gasteiger partial charge in [0.15, 0.2) is 11.4 Å². The molecule has 8 nitrogen and oxygen atoms in total. The van der Waals surface area contributed by atoms with Gasteiger partial charge in [0.25, 0.3) is 5.91 Å². The number of rotatable bonds is 2. The SMILES string of the molecule is Cc1cc(NC(=O)c2c3c(cn2C)S(=O)(=O)N[C@@H]2CNC[C@@H]2CO3)ccc1F. The molecule has 150 valence electrons. The van der Waals surface area contributed by atoms with Crippen LogP contribution >= 0.6 is 0 Å². The lowest BCUT2D eigenvalue weighted by atomic mass is 10.1. The van der Waals surface area contributed by atoms with Gasteiger partial charge in [0.05, 0.1) is 6.61 Å². The van der Waals surface area contributed by atoms with E-state index in [2.05, 4.69) is 15.4 Å². The van der Waals surface area contributed by atoms with Crippen LogP contribution in [0, 0.1) is 18.7 Å². The molecule has 2 aliphatic heterocycles. The van der Waals surface area contributed by atoms with Gasteiger partial charge in [0, 0.05) is 44.0 Å². The highest BCUT2D eigenvalue weighted by Crippen LogP contribution is 2.33. The first-order chi connectivity index (χ1) is 13.3. The molecule has 1 saturated heterocycles. The minimum atomic E-state index is -3.84. The number of sulfonamides is 1. The van der Waals surface area contributed by atoms with Crippen LogP contribution in [0.1, 0.15) is 16.1 Å². The van der Waals surface area contributed by atoms with E-state index in [0.29, 0.717) is 24.3 Å². The zero-order valence-corrected chi connectivity index (χ0v) is 16.3. The molecule has 3 N–H and O–H groups in total. The van der Waals surface area contributed by atoms with E-state index in [1.54, 1.807) is 14.0 Å². The van der Waals surface area contributed by atoms with E-state index in [0.717, 1.165) is 0 Å². The van der Waals surface area contributed by atoms with Gasteiger partial charge in [-0.2, -0.15) is 0 Å². The number of hydrogen-bond donors (Lipinski definition) is 3. The van der Waals surface area contributed by atoms with Gasteiger partial charge in [-0.05, 0) is 30.7 Å². The second-order valence-corrected chi connectivity index (χ2v) is 8.84. The number of halogens is 1. The molecule has 1 aromatic heterocycles. The Hall–Kier alpha value is -2.43. The van der Waals surface area contributed by atoms with E-state index >= 15 is 0 Å². The van der Waals surface area contributed by atoms with Gasteiger partial charge >= 0.3 is 0 Å². The second kappa shape index (κ2) is 6.87. The summed E-state index contributed by atoms with van der Waals surface area (Å²) in [5.41, 5.74) is 0.889. The van der Waals surface area contributed by atoms with Crippen molar-refractivity contribution in [2.75, 3.05) is 25.0 Å². The summed E-state index contributed by atoms with van der Waals surface area (Å²) in [7, 11) is -2.26. The molecule has 1 amide bonds. The molecule has 2 aliphatic rings. The van der Waals surface area contributed by atoms with Gasteiger partial charge in [-0.3, -0.25) is 4.79 Å². The standard InChI is InChI=1S/C18H21FN4O4S/c1-10-5-12(3-4-13(10)19)21-18(24)16-17-15(8-23(16)2)28(25,26)22-14-7-20-6-11(14)9-27-17/h3-5,8,11,14,20,22H,6-7,9H2,1-2H3,(H,21,24)/t11-,14-/m1/s1. The van der Waals surface area contributed by atoms with Gasteiger partial charge in [-0.25, -0.2) is 17.5 Å². The number of nitrogens with one attached hydrogen (secondary N) is 3. The monoisotopic (exact) mass is 408 g/mol. The lowest BCUT2D eigenvalue weighted by Crippen LogP contribution is -2.43. The van der Waals surface area contributed by atoms with Crippen molar-refractivity contribution in [2.45, 2.75) is 17.9 Å². The predicted octanol–water partition coefficient (Wildman–Crippen LogP) is 0.984. The predicted molar refractivity (Wildman–Crippen MR) is 100 cm³/mol. The Morgan fingerprint density at radius 3 is 2.89 bits per heavy atom. The molecular formula is C18H21FN4O4S. The summed E-state index contributed by atoms with van der Waals surface area (Å²) < 4.78 is 49.0. The minimum absolute atomic E-state index is 0.0247. The van der Waals surface area contributed by atoms with Crippen LogP contribution in [0.5, 0.6) is 5.75 Å². The van der Waals surface area contributed by atoms with Crippen molar-refractivity contribution in [1.29, 1.82) is 0 Å². The number of benzene rings is 1. The lowest BCUT2D eigenvalue weighted by molar-refractivity contribution is 0.101. The molecule has 4 rings (SSSR count). The normalized spacial score (nSPS) is 23.1. The summed E-state index contributed by atoms with van der Waals surface area (Å²) in [6.45, 7) is 3.04. The third kappa shape index (κ3) is 3.27. The number of anilines is 1. The van der Waals surface area contributed by atoms with Gasteiger partial charge < -0.3 is 19.9 Å². The summed E-state index contributed by atoms with van der Waals surface area (Å²) in [5.74, 6) is -0.913. The van der Waals surface area contributed by atoms with Gasteiger partial charge in [0.1, 0.15) is 10.7 Å². The second-order valence-electron chi connectivity index (χ2n) is 7.16. The maximum absolute atomic E-state index is 13.5. The molecule has 3 heterocycles. The van der Waals surface area contributed by atoms with Crippen molar-refractivity contribution >= 4 is 21.6 Å². The van der Waals surface area contributed by atoms with Crippen LogP contribution in [0.4, 0.5) is 10.1 Å². The molecule has 1 fully saturated rings. The summed E-state index contributed by atoms with van der Waals surface area (Å²) in [5, 5.41) is 5.82. The highest BCUT2D eigenvalue weighted by atomic mass is 32.2. The van der Waals surface area contributed by atoms with Crippen LogP contribution in [-0.4, -0.2) is 44.6 Å². The minimum Gasteiger partial charge on any atom is -0.489 e. The number of nitrogens with zero attached hydrogens (tertiary/aromatic N) is 1. The van der Waals surface area contributed by atoms with E-state index < -0.39 is 15.9 Å². The van der Waals surface area contributed by atoms with Crippen LogP contribution in [-0.2, 0) is 17.1 Å². The van der Waals surface area contributed by atoms with Crippen LogP contribution in [0.15, 0.2) is 29.3 Å². The number of hydrogen-bond acceptors (Lipinski definition) is 5. The molecule has 1 aromatic carbocycles. The molecule has 2 aromatic rings. The number of aromatic nitrogens is 1. The first-order valence-corrected chi connectivity index (χ1v) is 10.4. The molecule has 2 atom stereocenters. The van der Waals surface area contributed by atoms with Crippen molar-refractivity contribution < 1.29 is 22.3 Å². The van der Waals surface area contributed by atoms with E-state index in [1.165, 1.54) is 29.0 Å². The summed E-state index contributed by atoms with van der Waals surface area (Å²) >= 11 is 0. The zero-order valence-electron chi connectivity index (χ0n) is 15.5. The molecule has 0 aliphatic carbocycles. The number of ether oxygens (including phenoxy) is 1. The van der Waals surface area contributed by atoms with Crippen molar-refractivity contribution in [3.8, 4) is 5.75 Å². The molecule has 0 spiro atoms. The summed E-state index contributed by atoms with van der Waals surface area (Å²) in [4.78, 5) is 12.8. The van der Waals surface area contributed by atoms with E-state index in [-0.39, 0.29) is 40.7 Å². The van der Waals surface area contributed by atoms with Crippen LogP contribution in [0.25, 0.3) is 0 Å². The van der Waals surface area contributed by atoms with Crippen molar-refractivity contribution in [1.82, 2.24) is 14.6 Å². The van der Waals surface area contributed by atoms with Crippen molar-refractivity contribution in [3.63, 3.8) is 0 Å². The Balaban J connectivity index is 1.70. The largest absolute Gasteiger partial charge is 0.489 e. The first kappa shape index (κ1) is 18.9. The highest BCUT2D eigenvalue weighted by Gasteiger charge is 2.38. The third-order valence-electron chi connectivity index (χ3n) is 5.11. The maximum atomic E-state index is 13.5. The third-order valence-corrected chi connectivity index (χ3v) is 6.59. The molecule has 0 saturated carbocycles. The Bertz CT molecular complexity index is 1050. The lowest BCUT2D eigenvalue weighted by Gasteiger charge is -2.24. The summed E-state index contributed by atoms with van der Waals surface area (Å²) in [6.07, 6.45) is 1.37. The molecule has 0 unspecified atom stereocenters. The molecule has 0 bridgehead atoms. The zero-order chi connectivity index (χ0) is 20.1. The van der Waals surface area contributed by atoms with Crippen LogP contribution < -0.4 is 20.1 Å². The molecule has 0 radical (unpaired) electrons. The average Bonchev–Trinajstić information content (AvgIpc) is 3.18. The average molecular weight is 408 g/mol. The van der Waals surface area contributed by atoms with Gasteiger partial charge in [0.2, 0.25) is 10.0 Å². The Kier molecular flexibility index (Phi) is 4.64. The quantitative estimate of drug-likeness (QED) is 0.688. The van der Waals surface area contributed by atoms with Crippen LogP contribution in [0.2, 0.25) is 0 Å². The first-order valence-electron chi connectivity index (χ1n) is 8.89. The molecule has 28 heavy (non-hydrogen) atoms. The molecular weight excluding hydrogens is 387 g/mol. The maximum Gasteiger partial charge on any atom is 0.276 e. The fraction of sp³-hybridized carbons (Fsp3) is 0.389. The van der Waals surface area contributed by atoms with Gasteiger partial charge in [-0.1, -0.05) is 0 Å². The number of carbonyl (C=O) groups is 1. The summed E-state index contributed by atoms with van der Waals surface area (Å²) in [6, 6.07) is 3.96. The van der Waals surface area contributed by atoms with Crippen molar-refractivity contribution in [2.24, 2.45) is 13.0 Å². The van der Waals surface area contributed by atoms with E-state index in [4.69, 9.17) is 4.74 Å². The fourth-order valence-corrected chi connectivity index (χ4v) is 5.08. The number of aryl methyl sites for hydroxylation is 2. The topological polar surface area (TPSA) is 101 Å². The fourth-order valence-electron chi connectivity index (χ4n) is 3.58. The molecule has 10 heteroatoms. The Labute approximate surface area is 162 Å². The number of amides is 1. The number of fused-ring (bicyclic) bond motifs is 2. The smallest absolute Gasteiger partial charge is 0.276 e. The van der Waals surface area contributed by atoms with Crippen LogP contribution in [0.3, 0.4) is 0 Å². The Morgan fingerprint density at radius 2 is 2.14 bits per heavy atom. The number of carbonyl (C=O) groups excluding carboxylic acids is 1. The van der Waals surface area contributed by atoms with Crippen molar-refractivity contribution in [3.05, 3.63) is 41.5 Å². The highest BCUT2D eigenvalue weighted by molar-refractivity contribution is 7.89. The van der Waals surface area contributed by atoms with E-state index in [1.807, 2.05) is 0 Å². The van der Waals surface area contributed by atoms with E-state index in [9.17, 15) is 17.6 Å². The Morgan fingerprint density at radius 1 is 1.36 bits per heavy atom. The van der Waals surface area contributed by atoms with Gasteiger partial charge in [-0.15, -0.1) is 0 Å².